The van der Waals surface area contributed by atoms with Gasteiger partial charge in [0.15, 0.2) is 11.5 Å². The number of hydrogen-bond acceptors (Lipinski definition) is 5. The van der Waals surface area contributed by atoms with Crippen molar-refractivity contribution in [3.05, 3.63) is 34.2 Å². The lowest BCUT2D eigenvalue weighted by Gasteiger charge is -2.36. The van der Waals surface area contributed by atoms with E-state index in [4.69, 9.17) is 9.47 Å². The van der Waals surface area contributed by atoms with Crippen LogP contribution >= 0.6 is 0 Å². The lowest BCUT2D eigenvalue weighted by atomic mass is 10.1. The van der Waals surface area contributed by atoms with E-state index in [-0.39, 0.29) is 11.3 Å². The van der Waals surface area contributed by atoms with E-state index >= 15 is 0 Å². The normalized spacial score (nSPS) is 20.2. The van der Waals surface area contributed by atoms with Crippen molar-refractivity contribution >= 4 is 16.9 Å². The first kappa shape index (κ1) is 16.9. The Hall–Kier alpha value is -2.54. The fourth-order valence-corrected chi connectivity index (χ4v) is 3.96. The molecule has 1 aromatic heterocycles. The standard InChI is InChI=1S/C19H23N3O4/c1-12-8-13-9-16(25-2)17(10-15(13)18(23)20-12)26-19(24)22-7-6-21-5-3-4-14(21)11-22/h8-10,14H,3-7,11H2,1-2H3,(H,20,23). The number of fused-ring (bicyclic) bond motifs is 2. The molecule has 4 rings (SSSR count). The number of nitrogens with one attached hydrogen (secondary N) is 1. The highest BCUT2D eigenvalue weighted by molar-refractivity contribution is 5.86. The predicted octanol–water partition coefficient (Wildman–Crippen LogP) is 2.12. The van der Waals surface area contributed by atoms with Crippen molar-refractivity contribution in [1.29, 1.82) is 0 Å². The van der Waals surface area contributed by atoms with Crippen LogP contribution in [0.5, 0.6) is 11.5 Å². The van der Waals surface area contributed by atoms with Crippen LogP contribution in [0.15, 0.2) is 23.0 Å². The third kappa shape index (κ3) is 3.03. The Labute approximate surface area is 151 Å². The monoisotopic (exact) mass is 357 g/mol. The fraction of sp³-hybridized carbons (Fsp3) is 0.474. The van der Waals surface area contributed by atoms with Crippen LogP contribution in [0.3, 0.4) is 0 Å². The van der Waals surface area contributed by atoms with Crippen molar-refractivity contribution in [2.24, 2.45) is 0 Å². The minimum atomic E-state index is -0.391. The summed E-state index contributed by atoms with van der Waals surface area (Å²) in [5, 5.41) is 1.22. The highest BCUT2D eigenvalue weighted by atomic mass is 16.6. The van der Waals surface area contributed by atoms with Gasteiger partial charge >= 0.3 is 6.09 Å². The van der Waals surface area contributed by atoms with Gasteiger partial charge in [0.05, 0.1) is 12.5 Å². The Kier molecular flexibility index (Phi) is 4.32. The third-order valence-electron chi connectivity index (χ3n) is 5.31. The zero-order valence-electron chi connectivity index (χ0n) is 15.1. The first-order chi connectivity index (χ1) is 12.5. The van der Waals surface area contributed by atoms with Crippen molar-refractivity contribution in [3.63, 3.8) is 0 Å². The molecule has 1 amide bonds. The van der Waals surface area contributed by atoms with E-state index in [0.29, 0.717) is 30.3 Å². The number of benzene rings is 1. The van der Waals surface area contributed by atoms with Crippen LogP contribution in [-0.2, 0) is 0 Å². The molecular weight excluding hydrogens is 334 g/mol. The number of methoxy groups -OCH3 is 1. The first-order valence-electron chi connectivity index (χ1n) is 8.97. The average Bonchev–Trinajstić information content (AvgIpc) is 3.09. The van der Waals surface area contributed by atoms with Crippen molar-refractivity contribution in [2.45, 2.75) is 25.8 Å². The van der Waals surface area contributed by atoms with E-state index in [1.54, 1.807) is 17.0 Å². The highest BCUT2D eigenvalue weighted by Crippen LogP contribution is 2.32. The van der Waals surface area contributed by atoms with Gasteiger partial charge in [0, 0.05) is 31.4 Å². The smallest absolute Gasteiger partial charge is 0.415 e. The van der Waals surface area contributed by atoms with Crippen LogP contribution in [0.4, 0.5) is 4.79 Å². The minimum Gasteiger partial charge on any atom is -0.493 e. The van der Waals surface area contributed by atoms with Gasteiger partial charge < -0.3 is 19.4 Å². The van der Waals surface area contributed by atoms with E-state index in [1.807, 2.05) is 13.0 Å². The van der Waals surface area contributed by atoms with Gasteiger partial charge in [0.2, 0.25) is 0 Å². The number of carbonyl (C=O) groups excluding carboxylic acids is 1. The average molecular weight is 357 g/mol. The quantitative estimate of drug-likeness (QED) is 0.891. The molecule has 2 aromatic rings. The summed E-state index contributed by atoms with van der Waals surface area (Å²) < 4.78 is 11.0. The molecule has 7 heteroatoms. The molecule has 1 N–H and O–H groups in total. The molecule has 2 fully saturated rings. The lowest BCUT2D eigenvalue weighted by Crippen LogP contribution is -2.52. The van der Waals surface area contributed by atoms with Gasteiger partial charge in [-0.25, -0.2) is 4.79 Å². The van der Waals surface area contributed by atoms with Crippen LogP contribution < -0.4 is 15.0 Å². The van der Waals surface area contributed by atoms with Gasteiger partial charge in [0.1, 0.15) is 0 Å². The molecule has 2 aliphatic rings. The molecule has 0 saturated carbocycles. The van der Waals surface area contributed by atoms with Crippen molar-refractivity contribution in [3.8, 4) is 11.5 Å². The molecular formula is C19H23N3O4. The summed E-state index contributed by atoms with van der Waals surface area (Å²) in [4.78, 5) is 31.8. The Morgan fingerprint density at radius 2 is 2.04 bits per heavy atom. The number of pyridine rings is 1. The van der Waals surface area contributed by atoms with Crippen molar-refractivity contribution in [1.82, 2.24) is 14.8 Å². The summed E-state index contributed by atoms with van der Waals surface area (Å²) in [7, 11) is 1.52. The lowest BCUT2D eigenvalue weighted by molar-refractivity contribution is 0.0928. The number of rotatable bonds is 2. The SMILES string of the molecule is COc1cc2cc(C)[nH]c(=O)c2cc1OC(=O)N1CCN2CCCC2C1. The molecule has 0 radical (unpaired) electrons. The second kappa shape index (κ2) is 6.64. The molecule has 1 atom stereocenters. The molecule has 2 aliphatic heterocycles. The number of carbonyl (C=O) groups is 1. The van der Waals surface area contributed by atoms with Gasteiger partial charge in [0.25, 0.3) is 5.56 Å². The number of piperazine rings is 1. The van der Waals surface area contributed by atoms with Crippen LogP contribution in [0, 0.1) is 6.92 Å². The summed E-state index contributed by atoms with van der Waals surface area (Å²) in [5.74, 6) is 0.712. The maximum absolute atomic E-state index is 12.6. The predicted molar refractivity (Wildman–Crippen MR) is 98.0 cm³/mol. The number of aryl methyl sites for hydroxylation is 1. The Bertz CT molecular complexity index is 908. The molecule has 1 unspecified atom stereocenters. The van der Waals surface area contributed by atoms with Gasteiger partial charge in [-0.05, 0) is 49.9 Å². The van der Waals surface area contributed by atoms with Gasteiger partial charge in [-0.2, -0.15) is 0 Å². The Balaban J connectivity index is 1.59. The number of hydrogen-bond donors (Lipinski definition) is 1. The van der Waals surface area contributed by atoms with E-state index in [1.165, 1.54) is 13.5 Å². The van der Waals surface area contributed by atoms with Gasteiger partial charge in [-0.15, -0.1) is 0 Å². The maximum atomic E-state index is 12.6. The molecule has 26 heavy (non-hydrogen) atoms. The Morgan fingerprint density at radius 1 is 1.19 bits per heavy atom. The largest absolute Gasteiger partial charge is 0.493 e. The number of aromatic nitrogens is 1. The molecule has 0 spiro atoms. The molecule has 0 bridgehead atoms. The third-order valence-corrected chi connectivity index (χ3v) is 5.31. The number of aromatic amines is 1. The fourth-order valence-electron chi connectivity index (χ4n) is 3.96. The van der Waals surface area contributed by atoms with E-state index in [9.17, 15) is 9.59 Å². The number of ether oxygens (including phenoxy) is 2. The molecule has 138 valence electrons. The minimum absolute atomic E-state index is 0.209. The summed E-state index contributed by atoms with van der Waals surface area (Å²) in [6.45, 7) is 5.17. The molecule has 7 nitrogen and oxygen atoms in total. The van der Waals surface area contributed by atoms with Crippen molar-refractivity contribution < 1.29 is 14.3 Å². The Morgan fingerprint density at radius 3 is 2.85 bits per heavy atom. The summed E-state index contributed by atoms with van der Waals surface area (Å²) in [6, 6.07) is 5.61. The maximum Gasteiger partial charge on any atom is 0.415 e. The molecule has 3 heterocycles. The second-order valence-corrected chi connectivity index (χ2v) is 7.02. The van der Waals surface area contributed by atoms with Gasteiger partial charge in [-0.3, -0.25) is 9.69 Å². The zero-order chi connectivity index (χ0) is 18.3. The molecule has 0 aliphatic carbocycles. The topological polar surface area (TPSA) is 74.9 Å². The number of nitrogens with zero attached hydrogens (tertiary/aromatic N) is 2. The molecule has 2 saturated heterocycles. The first-order valence-corrected chi connectivity index (χ1v) is 8.97. The second-order valence-electron chi connectivity index (χ2n) is 7.02. The highest BCUT2D eigenvalue weighted by Gasteiger charge is 2.33. The summed E-state index contributed by atoms with van der Waals surface area (Å²) in [5.41, 5.74) is 0.559. The van der Waals surface area contributed by atoms with Crippen LogP contribution in [0.25, 0.3) is 10.8 Å². The summed E-state index contributed by atoms with van der Waals surface area (Å²) >= 11 is 0. The number of amides is 1. The van der Waals surface area contributed by atoms with E-state index in [0.717, 1.165) is 30.6 Å². The zero-order valence-corrected chi connectivity index (χ0v) is 15.1. The van der Waals surface area contributed by atoms with E-state index in [2.05, 4.69) is 9.88 Å². The summed E-state index contributed by atoms with van der Waals surface area (Å²) in [6.07, 6.45) is 1.92. The molecule has 1 aromatic carbocycles. The van der Waals surface area contributed by atoms with Crippen LogP contribution in [0.1, 0.15) is 18.5 Å². The van der Waals surface area contributed by atoms with Crippen molar-refractivity contribution in [2.75, 3.05) is 33.3 Å². The van der Waals surface area contributed by atoms with E-state index < -0.39 is 6.09 Å². The van der Waals surface area contributed by atoms with Crippen LogP contribution in [0.2, 0.25) is 0 Å². The van der Waals surface area contributed by atoms with Crippen LogP contribution in [-0.4, -0.2) is 60.2 Å². The number of H-pyrrole nitrogens is 1. The van der Waals surface area contributed by atoms with Gasteiger partial charge in [-0.1, -0.05) is 0 Å².